The number of rotatable bonds is 10. The summed E-state index contributed by atoms with van der Waals surface area (Å²) in [7, 11) is 0. The number of nitrogens with one attached hydrogen (secondary N) is 1. The van der Waals surface area contributed by atoms with Gasteiger partial charge >= 0.3 is 12.3 Å². The zero-order valence-electron chi connectivity index (χ0n) is 22.0. The lowest BCUT2D eigenvalue weighted by Gasteiger charge is -2.33. The van der Waals surface area contributed by atoms with Crippen LogP contribution in [0.4, 0.5) is 19.0 Å². The molecule has 2 N–H and O–H groups in total. The Hall–Kier alpha value is -3.67. The number of anilines is 1. The van der Waals surface area contributed by atoms with E-state index in [9.17, 15) is 23.1 Å². The fraction of sp³-hybridized carbons (Fsp3) is 0.345. The SMILES string of the molecule is O=C(O)c1ccc2c(c1)nc(N1CCC(OCCCNCc3ccc(OC(F)(F)F)c(Cl)c3)CC1)c1ccncc12. The maximum atomic E-state index is 12.4. The predicted molar refractivity (Wildman–Crippen MR) is 150 cm³/mol. The number of halogens is 4. The Morgan fingerprint density at radius 2 is 1.90 bits per heavy atom. The Kier molecular flexibility index (Phi) is 8.77. The molecule has 0 saturated carbocycles. The molecule has 3 heterocycles. The summed E-state index contributed by atoms with van der Waals surface area (Å²) < 4.78 is 47.1. The number of fused-ring (bicyclic) bond motifs is 3. The van der Waals surface area contributed by atoms with Crippen LogP contribution in [0.2, 0.25) is 5.02 Å². The average Bonchev–Trinajstić information content (AvgIpc) is 2.95. The summed E-state index contributed by atoms with van der Waals surface area (Å²) in [5.41, 5.74) is 1.57. The van der Waals surface area contributed by atoms with Gasteiger partial charge in [-0.1, -0.05) is 23.7 Å². The third kappa shape index (κ3) is 7.16. The third-order valence-corrected chi connectivity index (χ3v) is 7.26. The number of aromatic nitrogens is 2. The van der Waals surface area contributed by atoms with Crippen molar-refractivity contribution < 1.29 is 32.5 Å². The van der Waals surface area contributed by atoms with Crippen LogP contribution in [0.25, 0.3) is 21.7 Å². The molecule has 0 atom stereocenters. The lowest BCUT2D eigenvalue weighted by Crippen LogP contribution is -2.38. The number of benzene rings is 2. The Morgan fingerprint density at radius 3 is 2.63 bits per heavy atom. The van der Waals surface area contributed by atoms with Crippen LogP contribution in [0.1, 0.15) is 35.2 Å². The number of hydrogen-bond donors (Lipinski definition) is 2. The highest BCUT2D eigenvalue weighted by atomic mass is 35.5. The third-order valence-electron chi connectivity index (χ3n) is 6.97. The highest BCUT2D eigenvalue weighted by molar-refractivity contribution is 6.32. The van der Waals surface area contributed by atoms with Crippen LogP contribution in [0.3, 0.4) is 0 Å². The number of alkyl halides is 3. The molecule has 0 radical (unpaired) electrons. The van der Waals surface area contributed by atoms with E-state index >= 15 is 0 Å². The number of pyridine rings is 2. The number of aromatic carboxylic acids is 1. The molecule has 5 rings (SSSR count). The molecule has 1 aliphatic heterocycles. The van der Waals surface area contributed by atoms with Crippen molar-refractivity contribution in [2.24, 2.45) is 0 Å². The lowest BCUT2D eigenvalue weighted by atomic mass is 10.0. The molecule has 0 bridgehead atoms. The van der Waals surface area contributed by atoms with Gasteiger partial charge in [-0.3, -0.25) is 4.98 Å². The molecule has 2 aromatic carbocycles. The Bertz CT molecular complexity index is 1540. The van der Waals surface area contributed by atoms with Gasteiger partial charge in [0.15, 0.2) is 0 Å². The van der Waals surface area contributed by atoms with E-state index in [0.717, 1.165) is 59.9 Å². The fourth-order valence-corrected chi connectivity index (χ4v) is 5.22. The minimum Gasteiger partial charge on any atom is -0.478 e. The van der Waals surface area contributed by atoms with E-state index in [-0.39, 0.29) is 16.7 Å². The van der Waals surface area contributed by atoms with Crippen molar-refractivity contribution in [1.29, 1.82) is 0 Å². The number of hydrogen-bond acceptors (Lipinski definition) is 7. The molecule has 1 fully saturated rings. The minimum absolute atomic E-state index is 0.0927. The Morgan fingerprint density at radius 1 is 1.10 bits per heavy atom. The molecular formula is C29H28ClF3N4O4. The summed E-state index contributed by atoms with van der Waals surface area (Å²) in [5, 5.41) is 15.3. The van der Waals surface area contributed by atoms with Crippen molar-refractivity contribution >= 4 is 45.1 Å². The average molecular weight is 589 g/mol. The first-order valence-electron chi connectivity index (χ1n) is 13.2. The highest BCUT2D eigenvalue weighted by Crippen LogP contribution is 2.33. The largest absolute Gasteiger partial charge is 0.573 e. The smallest absolute Gasteiger partial charge is 0.478 e. The zero-order chi connectivity index (χ0) is 29.0. The summed E-state index contributed by atoms with van der Waals surface area (Å²) in [6.45, 7) is 3.23. The highest BCUT2D eigenvalue weighted by Gasteiger charge is 2.32. The van der Waals surface area contributed by atoms with E-state index in [1.807, 2.05) is 6.07 Å². The number of ether oxygens (including phenoxy) is 2. The van der Waals surface area contributed by atoms with Gasteiger partial charge in [0.2, 0.25) is 0 Å². The monoisotopic (exact) mass is 588 g/mol. The molecule has 0 aliphatic carbocycles. The topological polar surface area (TPSA) is 96.8 Å². The Labute approximate surface area is 239 Å². The molecule has 0 unspecified atom stereocenters. The summed E-state index contributed by atoms with van der Waals surface area (Å²) in [6, 6.07) is 11.1. The molecule has 8 nitrogen and oxygen atoms in total. The quantitative estimate of drug-likeness (QED) is 0.167. The van der Waals surface area contributed by atoms with Gasteiger partial charge in [0.1, 0.15) is 11.6 Å². The van der Waals surface area contributed by atoms with E-state index in [1.54, 1.807) is 36.7 Å². The van der Waals surface area contributed by atoms with Gasteiger partial charge in [0.25, 0.3) is 0 Å². The van der Waals surface area contributed by atoms with Crippen LogP contribution in [-0.2, 0) is 11.3 Å². The van der Waals surface area contributed by atoms with Crippen molar-refractivity contribution in [2.45, 2.75) is 38.3 Å². The first-order valence-corrected chi connectivity index (χ1v) is 13.6. The second kappa shape index (κ2) is 12.5. The van der Waals surface area contributed by atoms with Gasteiger partial charge in [-0.2, -0.15) is 0 Å². The number of carbonyl (C=O) groups is 1. The maximum Gasteiger partial charge on any atom is 0.573 e. The van der Waals surface area contributed by atoms with Gasteiger partial charge in [-0.15, -0.1) is 13.2 Å². The summed E-state index contributed by atoms with van der Waals surface area (Å²) in [5.74, 6) is -0.595. The summed E-state index contributed by atoms with van der Waals surface area (Å²) >= 11 is 5.90. The lowest BCUT2D eigenvalue weighted by molar-refractivity contribution is -0.274. The van der Waals surface area contributed by atoms with Crippen LogP contribution in [0.15, 0.2) is 54.9 Å². The molecule has 1 aliphatic rings. The molecule has 41 heavy (non-hydrogen) atoms. The molecule has 1 saturated heterocycles. The van der Waals surface area contributed by atoms with Crippen molar-refractivity contribution in [3.63, 3.8) is 0 Å². The van der Waals surface area contributed by atoms with Crippen molar-refractivity contribution in [3.05, 3.63) is 71.0 Å². The van der Waals surface area contributed by atoms with Crippen molar-refractivity contribution in [3.8, 4) is 5.75 Å². The van der Waals surface area contributed by atoms with Gasteiger partial charge in [-0.05, 0) is 61.7 Å². The van der Waals surface area contributed by atoms with Crippen molar-refractivity contribution in [2.75, 3.05) is 31.1 Å². The molecule has 2 aromatic heterocycles. The minimum atomic E-state index is -4.78. The van der Waals surface area contributed by atoms with Crippen LogP contribution >= 0.6 is 11.6 Å². The Balaban J connectivity index is 1.10. The van der Waals surface area contributed by atoms with E-state index in [4.69, 9.17) is 21.3 Å². The van der Waals surface area contributed by atoms with Gasteiger partial charge < -0.3 is 24.8 Å². The van der Waals surface area contributed by atoms with Gasteiger partial charge in [0, 0.05) is 54.8 Å². The number of carboxylic acids is 1. The first-order chi connectivity index (χ1) is 19.7. The molecule has 12 heteroatoms. The maximum absolute atomic E-state index is 12.4. The number of piperidine rings is 1. The molecule has 0 amide bonds. The molecule has 0 spiro atoms. The summed E-state index contributed by atoms with van der Waals surface area (Å²) in [6.07, 6.45) is 1.31. The van der Waals surface area contributed by atoms with Crippen LogP contribution in [0.5, 0.6) is 5.75 Å². The van der Waals surface area contributed by atoms with Crippen LogP contribution in [-0.4, -0.2) is 59.8 Å². The summed E-state index contributed by atoms with van der Waals surface area (Å²) in [4.78, 5) is 22.8. The number of nitrogens with zero attached hydrogens (tertiary/aromatic N) is 3. The van der Waals surface area contributed by atoms with Gasteiger partial charge in [0.05, 0.1) is 22.2 Å². The van der Waals surface area contributed by atoms with E-state index in [2.05, 4.69) is 19.9 Å². The van der Waals surface area contributed by atoms with E-state index < -0.39 is 18.1 Å². The predicted octanol–water partition coefficient (Wildman–Crippen LogP) is 6.20. The van der Waals surface area contributed by atoms with Crippen LogP contribution in [0, 0.1) is 0 Å². The van der Waals surface area contributed by atoms with E-state index in [1.165, 1.54) is 12.1 Å². The van der Waals surface area contributed by atoms with Gasteiger partial charge in [-0.25, -0.2) is 9.78 Å². The fourth-order valence-electron chi connectivity index (χ4n) is 4.98. The molecule has 216 valence electrons. The molecule has 4 aromatic rings. The normalized spacial score (nSPS) is 14.6. The zero-order valence-corrected chi connectivity index (χ0v) is 22.7. The van der Waals surface area contributed by atoms with E-state index in [0.29, 0.717) is 25.2 Å². The van der Waals surface area contributed by atoms with Crippen LogP contribution < -0.4 is 15.0 Å². The number of carboxylic acid groups (broad SMARTS) is 1. The molecular weight excluding hydrogens is 561 g/mol. The second-order valence-electron chi connectivity index (χ2n) is 9.79. The van der Waals surface area contributed by atoms with Crippen molar-refractivity contribution in [1.82, 2.24) is 15.3 Å². The first kappa shape index (κ1) is 28.8. The standard InChI is InChI=1S/C29H28ClF3N4O4/c30-24-14-18(2-5-26(24)41-29(31,32)33)16-34-9-1-13-40-20-7-11-37(12-8-20)27-22-6-10-35-17-23(22)21-4-3-19(28(38)39)15-25(21)36-27/h2-6,10,14-15,17,20,34H,1,7-9,11-13,16H2,(H,38,39). The second-order valence-corrected chi connectivity index (χ2v) is 10.2.